The molecule has 1 atom stereocenters. The molecule has 1 N–H and O–H groups in total. The highest BCUT2D eigenvalue weighted by Gasteiger charge is 2.29. The number of carbonyl (C=O) groups excluding carboxylic acids is 1. The van der Waals surface area contributed by atoms with Crippen LogP contribution in [0.3, 0.4) is 0 Å². The second-order valence-electron chi connectivity index (χ2n) is 4.11. The molecule has 0 saturated heterocycles. The predicted molar refractivity (Wildman–Crippen MR) is 66.2 cm³/mol. The van der Waals surface area contributed by atoms with Crippen molar-refractivity contribution in [2.45, 2.75) is 12.2 Å². The van der Waals surface area contributed by atoms with Gasteiger partial charge in [0.15, 0.2) is 6.61 Å². The normalized spacial score (nSPS) is 13.4. The molecule has 0 fully saturated rings. The van der Waals surface area contributed by atoms with Gasteiger partial charge in [-0.05, 0) is 36.5 Å². The van der Waals surface area contributed by atoms with Crippen LogP contribution in [-0.4, -0.2) is 44.4 Å². The molecule has 1 rings (SSSR count). The Morgan fingerprint density at radius 1 is 1.53 bits per heavy atom. The molecule has 1 amide bonds. The van der Waals surface area contributed by atoms with Crippen LogP contribution in [0.4, 0.5) is 18.0 Å². The molecule has 8 heteroatoms. The van der Waals surface area contributed by atoms with Crippen molar-refractivity contribution < 1.29 is 22.7 Å². The summed E-state index contributed by atoms with van der Waals surface area (Å²) in [6, 6.07) is 1.79. The maximum absolute atomic E-state index is 11.9. The van der Waals surface area contributed by atoms with Gasteiger partial charge in [0.1, 0.15) is 0 Å². The molecule has 0 saturated carbocycles. The fourth-order valence-electron chi connectivity index (χ4n) is 1.44. The highest BCUT2D eigenvalue weighted by molar-refractivity contribution is 7.07. The van der Waals surface area contributed by atoms with Gasteiger partial charge in [0.05, 0.1) is 6.04 Å². The number of hydrogen-bond acceptors (Lipinski definition) is 4. The number of likely N-dealkylation sites (N-methyl/N-ethyl adjacent to an activating group) is 1. The van der Waals surface area contributed by atoms with Crippen LogP contribution in [0, 0.1) is 0 Å². The van der Waals surface area contributed by atoms with Crippen LogP contribution in [0.15, 0.2) is 16.8 Å². The first kappa shape index (κ1) is 15.8. The zero-order chi connectivity index (χ0) is 14.5. The smallest absolute Gasteiger partial charge is 0.422 e. The Kier molecular flexibility index (Phi) is 5.61. The van der Waals surface area contributed by atoms with Crippen LogP contribution < -0.4 is 5.32 Å². The van der Waals surface area contributed by atoms with E-state index in [1.54, 1.807) is 0 Å². The van der Waals surface area contributed by atoms with E-state index in [1.165, 1.54) is 11.3 Å². The Morgan fingerprint density at radius 2 is 2.21 bits per heavy atom. The van der Waals surface area contributed by atoms with E-state index in [9.17, 15) is 18.0 Å². The highest BCUT2D eigenvalue weighted by atomic mass is 32.1. The Balaban J connectivity index is 2.43. The van der Waals surface area contributed by atoms with Gasteiger partial charge in [0, 0.05) is 6.54 Å². The Morgan fingerprint density at radius 3 is 2.68 bits per heavy atom. The van der Waals surface area contributed by atoms with Gasteiger partial charge >= 0.3 is 12.3 Å². The van der Waals surface area contributed by atoms with Crippen molar-refractivity contribution in [3.8, 4) is 0 Å². The first-order valence-electron chi connectivity index (χ1n) is 5.45. The first-order chi connectivity index (χ1) is 8.79. The minimum atomic E-state index is -4.51. The van der Waals surface area contributed by atoms with E-state index in [-0.39, 0.29) is 12.6 Å². The number of hydrogen-bond donors (Lipinski definition) is 1. The standard InChI is InChI=1S/C11H15F3N2O2S/c1-16(2)9(8-3-4-19-6-8)5-15-10(17)18-7-11(12,13)14/h3-4,6,9H,5,7H2,1-2H3,(H,15,17). The Bertz CT molecular complexity index is 393. The number of alkyl halides is 3. The molecule has 1 heterocycles. The van der Waals surface area contributed by atoms with E-state index >= 15 is 0 Å². The summed E-state index contributed by atoms with van der Waals surface area (Å²) < 4.78 is 39.6. The quantitative estimate of drug-likeness (QED) is 0.908. The first-order valence-corrected chi connectivity index (χ1v) is 6.40. The van der Waals surface area contributed by atoms with Crippen molar-refractivity contribution in [3.63, 3.8) is 0 Å². The van der Waals surface area contributed by atoms with E-state index in [1.807, 2.05) is 35.8 Å². The lowest BCUT2D eigenvalue weighted by Crippen LogP contribution is -2.36. The minimum absolute atomic E-state index is 0.107. The number of carbonyl (C=O) groups is 1. The molecule has 0 aliphatic heterocycles. The molecule has 0 aliphatic carbocycles. The van der Waals surface area contributed by atoms with E-state index in [0.29, 0.717) is 0 Å². The third-order valence-electron chi connectivity index (χ3n) is 2.36. The zero-order valence-electron chi connectivity index (χ0n) is 10.5. The lowest BCUT2D eigenvalue weighted by molar-refractivity contribution is -0.160. The Hall–Kier alpha value is -1.28. The summed E-state index contributed by atoms with van der Waals surface area (Å²) >= 11 is 1.51. The summed E-state index contributed by atoms with van der Waals surface area (Å²) in [6.07, 6.45) is -5.58. The van der Waals surface area contributed by atoms with Crippen molar-refractivity contribution in [3.05, 3.63) is 22.4 Å². The molecule has 1 unspecified atom stereocenters. The topological polar surface area (TPSA) is 41.6 Å². The monoisotopic (exact) mass is 296 g/mol. The van der Waals surface area contributed by atoms with Crippen molar-refractivity contribution in [2.24, 2.45) is 0 Å². The summed E-state index contributed by atoms with van der Waals surface area (Å²) in [6.45, 7) is -1.40. The fourth-order valence-corrected chi connectivity index (χ4v) is 2.15. The van der Waals surface area contributed by atoms with E-state index in [4.69, 9.17) is 0 Å². The summed E-state index contributed by atoms with van der Waals surface area (Å²) in [5.41, 5.74) is 0.992. The molecule has 0 radical (unpaired) electrons. The number of rotatable bonds is 5. The van der Waals surface area contributed by atoms with Gasteiger partial charge in [0.25, 0.3) is 0 Å². The number of nitrogens with one attached hydrogen (secondary N) is 1. The molecule has 0 aromatic carbocycles. The SMILES string of the molecule is CN(C)C(CNC(=O)OCC(F)(F)F)c1ccsc1. The van der Waals surface area contributed by atoms with Gasteiger partial charge in [-0.25, -0.2) is 4.79 Å². The molecule has 1 aromatic heterocycles. The largest absolute Gasteiger partial charge is 0.440 e. The third kappa shape index (κ3) is 5.93. The number of nitrogens with zero attached hydrogens (tertiary/aromatic N) is 1. The highest BCUT2D eigenvalue weighted by Crippen LogP contribution is 2.20. The number of thiophene rings is 1. The molecule has 0 spiro atoms. The van der Waals surface area contributed by atoms with Crippen LogP contribution in [0.2, 0.25) is 0 Å². The molecule has 108 valence electrons. The van der Waals surface area contributed by atoms with Gasteiger partial charge in [-0.3, -0.25) is 0 Å². The molecule has 1 aromatic rings. The van der Waals surface area contributed by atoms with Gasteiger partial charge in [-0.1, -0.05) is 0 Å². The molecule has 0 bridgehead atoms. The van der Waals surface area contributed by atoms with E-state index in [0.717, 1.165) is 5.56 Å². The van der Waals surface area contributed by atoms with Gasteiger partial charge < -0.3 is 15.0 Å². The van der Waals surface area contributed by atoms with Crippen LogP contribution in [0.1, 0.15) is 11.6 Å². The molecule has 0 aliphatic rings. The third-order valence-corrected chi connectivity index (χ3v) is 3.06. The van der Waals surface area contributed by atoms with Crippen molar-refractivity contribution in [1.29, 1.82) is 0 Å². The average Bonchev–Trinajstić information content (AvgIpc) is 2.78. The predicted octanol–water partition coefficient (Wildman–Crippen LogP) is 2.64. The number of amides is 1. The van der Waals surface area contributed by atoms with Crippen LogP contribution in [0.5, 0.6) is 0 Å². The summed E-state index contributed by atoms with van der Waals surface area (Å²) in [4.78, 5) is 13.0. The molecular weight excluding hydrogens is 281 g/mol. The lowest BCUT2D eigenvalue weighted by atomic mass is 10.1. The zero-order valence-corrected chi connectivity index (χ0v) is 11.3. The number of halogens is 3. The maximum atomic E-state index is 11.9. The van der Waals surface area contributed by atoms with Crippen molar-refractivity contribution in [1.82, 2.24) is 10.2 Å². The van der Waals surface area contributed by atoms with Crippen LogP contribution in [-0.2, 0) is 4.74 Å². The fraction of sp³-hybridized carbons (Fsp3) is 0.545. The molecule has 19 heavy (non-hydrogen) atoms. The number of ether oxygens (including phenoxy) is 1. The lowest BCUT2D eigenvalue weighted by Gasteiger charge is -2.23. The van der Waals surface area contributed by atoms with E-state index < -0.39 is 18.9 Å². The molecule has 4 nitrogen and oxygen atoms in total. The van der Waals surface area contributed by atoms with Crippen molar-refractivity contribution in [2.75, 3.05) is 27.2 Å². The van der Waals surface area contributed by atoms with Crippen LogP contribution in [0.25, 0.3) is 0 Å². The molecular formula is C11H15F3N2O2S. The second kappa shape index (κ2) is 6.76. The van der Waals surface area contributed by atoms with Crippen molar-refractivity contribution >= 4 is 17.4 Å². The van der Waals surface area contributed by atoms with E-state index in [2.05, 4.69) is 10.1 Å². The summed E-state index contributed by atoms with van der Waals surface area (Å²) in [5.74, 6) is 0. The second-order valence-corrected chi connectivity index (χ2v) is 4.89. The van der Waals surface area contributed by atoms with Gasteiger partial charge in [-0.15, -0.1) is 0 Å². The van der Waals surface area contributed by atoms with Crippen LogP contribution >= 0.6 is 11.3 Å². The van der Waals surface area contributed by atoms with Gasteiger partial charge in [-0.2, -0.15) is 24.5 Å². The summed E-state index contributed by atoms with van der Waals surface area (Å²) in [7, 11) is 3.65. The average molecular weight is 296 g/mol. The van der Waals surface area contributed by atoms with Gasteiger partial charge in [0.2, 0.25) is 0 Å². The number of alkyl carbamates (subject to hydrolysis) is 1. The minimum Gasteiger partial charge on any atom is -0.440 e. The maximum Gasteiger partial charge on any atom is 0.422 e. The Labute approximate surface area is 113 Å². The summed E-state index contributed by atoms with van der Waals surface area (Å²) in [5, 5.41) is 6.15.